The van der Waals surface area contributed by atoms with Crippen molar-refractivity contribution in [3.05, 3.63) is 29.8 Å². The van der Waals surface area contributed by atoms with E-state index in [1.807, 2.05) is 58.9 Å². The highest BCUT2D eigenvalue weighted by molar-refractivity contribution is 6.37. The fourth-order valence-electron chi connectivity index (χ4n) is 1.52. The zero-order valence-corrected chi connectivity index (χ0v) is 11.7. The van der Waals surface area contributed by atoms with Crippen LogP contribution in [0.15, 0.2) is 29.3 Å². The number of aliphatic imine (C=N–C) groups is 1. The average molecular weight is 247 g/mol. The Hall–Kier alpha value is -1.64. The van der Waals surface area contributed by atoms with Gasteiger partial charge in [0.25, 0.3) is 0 Å². The van der Waals surface area contributed by atoms with E-state index in [2.05, 4.69) is 4.99 Å². The molecule has 0 heterocycles. The van der Waals surface area contributed by atoms with Gasteiger partial charge in [-0.3, -0.25) is 0 Å². The summed E-state index contributed by atoms with van der Waals surface area (Å²) in [5, 5.41) is 0. The quantitative estimate of drug-likeness (QED) is 0.601. The van der Waals surface area contributed by atoms with Crippen molar-refractivity contribution in [1.82, 2.24) is 0 Å². The average Bonchev–Trinajstić information content (AvgIpc) is 2.24. The molecule has 0 amide bonds. The predicted molar refractivity (Wildman–Crippen MR) is 74.3 cm³/mol. The third-order valence-electron chi connectivity index (χ3n) is 2.35. The number of nitrogens with zero attached hydrogens (tertiary/aromatic N) is 1. The van der Waals surface area contributed by atoms with Crippen LogP contribution in [0.4, 0.5) is 5.69 Å². The second kappa shape index (κ2) is 6.34. The summed E-state index contributed by atoms with van der Waals surface area (Å²) in [6, 6.07) is 7.77. The van der Waals surface area contributed by atoms with Gasteiger partial charge in [0.1, 0.15) is 5.71 Å². The molecule has 0 unspecified atom stereocenters. The highest BCUT2D eigenvalue weighted by atomic mass is 16.5. The lowest BCUT2D eigenvalue weighted by atomic mass is 10.1. The lowest BCUT2D eigenvalue weighted by Crippen LogP contribution is -2.25. The molecule has 3 nitrogen and oxygen atoms in total. The van der Waals surface area contributed by atoms with E-state index in [1.54, 1.807) is 0 Å². The SMILES string of the molecule is Cc1cccc(/N=C(\C(=O)OC(C)C)C(C)C)c1. The van der Waals surface area contributed by atoms with Gasteiger partial charge in [-0.05, 0) is 38.5 Å². The van der Waals surface area contributed by atoms with Gasteiger partial charge >= 0.3 is 5.97 Å². The Bertz CT molecular complexity index is 448. The standard InChI is InChI=1S/C15H21NO2/c1-10(2)14(15(17)18-11(3)4)16-13-8-6-7-12(5)9-13/h6-11H,1-5H3/b16-14-. The number of aryl methyl sites for hydroxylation is 1. The first-order chi connectivity index (χ1) is 8.40. The largest absolute Gasteiger partial charge is 0.458 e. The maximum Gasteiger partial charge on any atom is 0.353 e. The van der Waals surface area contributed by atoms with Crippen LogP contribution in [0.2, 0.25) is 0 Å². The van der Waals surface area contributed by atoms with Crippen LogP contribution in [-0.4, -0.2) is 17.8 Å². The highest BCUT2D eigenvalue weighted by Gasteiger charge is 2.18. The van der Waals surface area contributed by atoms with Gasteiger partial charge in [0.2, 0.25) is 0 Å². The van der Waals surface area contributed by atoms with Gasteiger partial charge in [0.15, 0.2) is 0 Å². The summed E-state index contributed by atoms with van der Waals surface area (Å²) in [6.07, 6.45) is -0.126. The van der Waals surface area contributed by atoms with E-state index < -0.39 is 0 Å². The zero-order chi connectivity index (χ0) is 13.7. The van der Waals surface area contributed by atoms with Crippen molar-refractivity contribution in [3.8, 4) is 0 Å². The van der Waals surface area contributed by atoms with E-state index in [-0.39, 0.29) is 18.0 Å². The van der Waals surface area contributed by atoms with Crippen molar-refractivity contribution >= 4 is 17.4 Å². The van der Waals surface area contributed by atoms with E-state index in [0.717, 1.165) is 11.3 Å². The number of carbonyl (C=O) groups is 1. The fraction of sp³-hybridized carbons (Fsp3) is 0.467. The topological polar surface area (TPSA) is 38.7 Å². The second-order valence-electron chi connectivity index (χ2n) is 4.94. The number of rotatable bonds is 4. The first kappa shape index (κ1) is 14.4. The third kappa shape index (κ3) is 4.32. The van der Waals surface area contributed by atoms with Crippen LogP contribution in [0.3, 0.4) is 0 Å². The molecule has 1 aromatic rings. The number of hydrogen-bond acceptors (Lipinski definition) is 3. The van der Waals surface area contributed by atoms with Crippen LogP contribution in [0.25, 0.3) is 0 Å². The van der Waals surface area contributed by atoms with E-state index in [9.17, 15) is 4.79 Å². The summed E-state index contributed by atoms with van der Waals surface area (Å²) in [4.78, 5) is 16.3. The molecule has 0 N–H and O–H groups in total. The van der Waals surface area contributed by atoms with Crippen molar-refractivity contribution in [1.29, 1.82) is 0 Å². The molecule has 0 atom stereocenters. The molecule has 0 saturated carbocycles. The van der Waals surface area contributed by atoms with E-state index in [0.29, 0.717) is 5.71 Å². The van der Waals surface area contributed by atoms with Crippen molar-refractivity contribution in [2.24, 2.45) is 10.9 Å². The van der Waals surface area contributed by atoms with Gasteiger partial charge in [-0.15, -0.1) is 0 Å². The molecule has 0 fully saturated rings. The minimum absolute atomic E-state index is 0.0387. The Balaban J connectivity index is 3.01. The van der Waals surface area contributed by atoms with Crippen LogP contribution in [-0.2, 0) is 9.53 Å². The summed E-state index contributed by atoms with van der Waals surface area (Å²) in [7, 11) is 0. The molecule has 0 aliphatic heterocycles. The van der Waals surface area contributed by atoms with Crippen molar-refractivity contribution < 1.29 is 9.53 Å². The van der Waals surface area contributed by atoms with Crippen molar-refractivity contribution in [2.45, 2.75) is 40.7 Å². The van der Waals surface area contributed by atoms with Gasteiger partial charge < -0.3 is 4.74 Å². The van der Waals surface area contributed by atoms with Crippen molar-refractivity contribution in [3.63, 3.8) is 0 Å². The summed E-state index contributed by atoms with van der Waals surface area (Å²) in [5.74, 6) is -0.293. The molecule has 1 rings (SSSR count). The second-order valence-corrected chi connectivity index (χ2v) is 4.94. The number of esters is 1. The minimum atomic E-state index is -0.332. The molecular formula is C15H21NO2. The lowest BCUT2D eigenvalue weighted by molar-refractivity contribution is -0.139. The molecule has 0 bridgehead atoms. The summed E-state index contributed by atoms with van der Waals surface area (Å²) in [5.41, 5.74) is 2.38. The van der Waals surface area contributed by atoms with E-state index in [4.69, 9.17) is 4.74 Å². The monoisotopic (exact) mass is 247 g/mol. The first-order valence-electron chi connectivity index (χ1n) is 6.26. The molecular weight excluding hydrogens is 226 g/mol. The van der Waals surface area contributed by atoms with Gasteiger partial charge in [-0.2, -0.15) is 0 Å². The first-order valence-corrected chi connectivity index (χ1v) is 6.26. The summed E-state index contributed by atoms with van der Waals surface area (Å²) < 4.78 is 5.21. The molecule has 0 aliphatic rings. The Labute approximate surface area is 109 Å². The number of benzene rings is 1. The van der Waals surface area contributed by atoms with E-state index in [1.165, 1.54) is 0 Å². The van der Waals surface area contributed by atoms with Gasteiger partial charge in [0.05, 0.1) is 11.8 Å². The predicted octanol–water partition coefficient (Wildman–Crippen LogP) is 3.68. The highest BCUT2D eigenvalue weighted by Crippen LogP contribution is 2.16. The Morgan fingerprint density at radius 2 is 1.89 bits per heavy atom. The number of hydrogen-bond donors (Lipinski definition) is 0. The molecule has 1 aromatic carbocycles. The minimum Gasteiger partial charge on any atom is -0.458 e. The Morgan fingerprint density at radius 3 is 2.39 bits per heavy atom. The molecule has 0 radical (unpaired) electrons. The maximum atomic E-state index is 11.9. The molecule has 18 heavy (non-hydrogen) atoms. The Kier molecular flexibility index (Phi) is 5.08. The lowest BCUT2D eigenvalue weighted by Gasteiger charge is -2.12. The maximum absolute atomic E-state index is 11.9. The van der Waals surface area contributed by atoms with Crippen LogP contribution >= 0.6 is 0 Å². The van der Waals surface area contributed by atoms with Gasteiger partial charge in [-0.25, -0.2) is 9.79 Å². The molecule has 0 aromatic heterocycles. The third-order valence-corrected chi connectivity index (χ3v) is 2.35. The van der Waals surface area contributed by atoms with Crippen LogP contribution < -0.4 is 0 Å². The molecule has 3 heteroatoms. The normalized spacial score (nSPS) is 12.1. The molecule has 0 saturated heterocycles. The number of ether oxygens (including phenoxy) is 1. The smallest absolute Gasteiger partial charge is 0.353 e. The van der Waals surface area contributed by atoms with Crippen LogP contribution in [0.5, 0.6) is 0 Å². The van der Waals surface area contributed by atoms with Crippen LogP contribution in [0, 0.1) is 12.8 Å². The molecule has 0 aliphatic carbocycles. The summed E-state index contributed by atoms with van der Waals surface area (Å²) in [6.45, 7) is 9.55. The van der Waals surface area contributed by atoms with Gasteiger partial charge in [0, 0.05) is 5.92 Å². The zero-order valence-electron chi connectivity index (χ0n) is 11.7. The number of carbonyl (C=O) groups excluding carboxylic acids is 1. The van der Waals surface area contributed by atoms with Crippen LogP contribution in [0.1, 0.15) is 33.3 Å². The molecule has 98 valence electrons. The summed E-state index contributed by atoms with van der Waals surface area (Å²) >= 11 is 0. The Morgan fingerprint density at radius 1 is 1.22 bits per heavy atom. The van der Waals surface area contributed by atoms with Gasteiger partial charge in [-0.1, -0.05) is 26.0 Å². The van der Waals surface area contributed by atoms with Crippen molar-refractivity contribution in [2.75, 3.05) is 0 Å². The molecule has 0 spiro atoms. The fourth-order valence-corrected chi connectivity index (χ4v) is 1.52. The van der Waals surface area contributed by atoms with E-state index >= 15 is 0 Å².